The molecule has 1 aromatic carbocycles. The maximum Gasteiger partial charge on any atom is 0.259 e. The first kappa shape index (κ1) is 12.7. The number of nitrogens with one attached hydrogen (secondary N) is 1. The molecule has 0 atom stereocenters. The van der Waals surface area contributed by atoms with E-state index in [2.05, 4.69) is 10.3 Å². The number of pyridine rings is 1. The van der Waals surface area contributed by atoms with Gasteiger partial charge in [0.15, 0.2) is 0 Å². The van der Waals surface area contributed by atoms with Gasteiger partial charge in [0.25, 0.3) is 5.91 Å². The number of carbonyl (C=O) groups is 1. The van der Waals surface area contributed by atoms with E-state index in [9.17, 15) is 9.90 Å². The zero-order valence-corrected chi connectivity index (χ0v) is 10.5. The minimum absolute atomic E-state index is 0.132. The van der Waals surface area contributed by atoms with Gasteiger partial charge in [0.1, 0.15) is 10.9 Å². The van der Waals surface area contributed by atoms with Crippen LogP contribution in [0.3, 0.4) is 0 Å². The van der Waals surface area contributed by atoms with E-state index in [1.54, 1.807) is 6.07 Å². The summed E-state index contributed by atoms with van der Waals surface area (Å²) in [4.78, 5) is 15.7. The molecule has 0 unspecified atom stereocenters. The van der Waals surface area contributed by atoms with Crippen LogP contribution in [0.5, 0.6) is 5.75 Å². The van der Waals surface area contributed by atoms with E-state index in [-0.39, 0.29) is 16.5 Å². The van der Waals surface area contributed by atoms with E-state index >= 15 is 0 Å². The van der Waals surface area contributed by atoms with Gasteiger partial charge in [0.2, 0.25) is 0 Å². The van der Waals surface area contributed by atoms with Crippen LogP contribution in [0, 0.1) is 0 Å². The molecule has 1 heterocycles. The average Bonchev–Trinajstić information content (AvgIpc) is 2.28. The number of anilines is 1. The largest absolute Gasteiger partial charge is 0.507 e. The van der Waals surface area contributed by atoms with Crippen LogP contribution in [0.25, 0.3) is 0 Å². The number of halogens is 2. The monoisotopic (exact) mass is 282 g/mol. The predicted molar refractivity (Wildman–Crippen MR) is 70.3 cm³/mol. The molecule has 0 saturated heterocycles. The Kier molecular flexibility index (Phi) is 3.69. The van der Waals surface area contributed by atoms with Crippen LogP contribution in [-0.2, 0) is 0 Å². The van der Waals surface area contributed by atoms with Gasteiger partial charge >= 0.3 is 0 Å². The zero-order valence-electron chi connectivity index (χ0n) is 9.02. The first-order valence-electron chi connectivity index (χ1n) is 4.97. The lowest BCUT2D eigenvalue weighted by molar-refractivity contribution is 0.102. The normalized spacial score (nSPS) is 10.1. The van der Waals surface area contributed by atoms with Crippen LogP contribution in [0.15, 0.2) is 36.5 Å². The summed E-state index contributed by atoms with van der Waals surface area (Å²) in [5, 5.41) is 12.8. The van der Waals surface area contributed by atoms with Gasteiger partial charge in [-0.05, 0) is 30.3 Å². The molecule has 4 nitrogen and oxygen atoms in total. The summed E-state index contributed by atoms with van der Waals surface area (Å²) >= 11 is 11.4. The van der Waals surface area contributed by atoms with Gasteiger partial charge in [-0.2, -0.15) is 0 Å². The molecule has 1 amide bonds. The average molecular weight is 283 g/mol. The van der Waals surface area contributed by atoms with Gasteiger partial charge in [0, 0.05) is 16.9 Å². The second kappa shape index (κ2) is 5.25. The molecular formula is C12H8Cl2N2O2. The molecule has 2 rings (SSSR count). The van der Waals surface area contributed by atoms with Crippen molar-refractivity contribution in [2.75, 3.05) is 5.32 Å². The summed E-state index contributed by atoms with van der Waals surface area (Å²) in [6, 6.07) is 7.37. The third kappa shape index (κ3) is 2.91. The molecule has 0 saturated carbocycles. The molecule has 0 bridgehead atoms. The number of benzene rings is 1. The number of phenols is 1. The molecule has 0 aliphatic rings. The van der Waals surface area contributed by atoms with Gasteiger partial charge < -0.3 is 10.4 Å². The number of aromatic nitrogens is 1. The van der Waals surface area contributed by atoms with Crippen molar-refractivity contribution in [3.8, 4) is 5.75 Å². The van der Waals surface area contributed by atoms with Crippen molar-refractivity contribution < 1.29 is 9.90 Å². The fourth-order valence-corrected chi connectivity index (χ4v) is 1.72. The molecule has 0 aliphatic heterocycles. The number of nitrogens with zero attached hydrogens (tertiary/aromatic N) is 1. The summed E-state index contributed by atoms with van der Waals surface area (Å²) in [6.45, 7) is 0. The highest BCUT2D eigenvalue weighted by Gasteiger charge is 2.11. The van der Waals surface area contributed by atoms with Crippen molar-refractivity contribution >= 4 is 34.8 Å². The third-order valence-electron chi connectivity index (χ3n) is 2.19. The second-order valence-electron chi connectivity index (χ2n) is 3.48. The van der Waals surface area contributed by atoms with Gasteiger partial charge in [-0.25, -0.2) is 4.98 Å². The molecule has 6 heteroatoms. The molecule has 2 N–H and O–H groups in total. The van der Waals surface area contributed by atoms with Gasteiger partial charge in [-0.15, -0.1) is 0 Å². The Balaban J connectivity index is 2.22. The van der Waals surface area contributed by atoms with Crippen molar-refractivity contribution in [2.45, 2.75) is 0 Å². The minimum Gasteiger partial charge on any atom is -0.507 e. The van der Waals surface area contributed by atoms with E-state index in [4.69, 9.17) is 23.2 Å². The quantitative estimate of drug-likeness (QED) is 0.831. The SMILES string of the molecule is O=C(Nc1ccnc(Cl)c1)c1ccc(Cl)cc1O. The number of rotatable bonds is 2. The summed E-state index contributed by atoms with van der Waals surface area (Å²) in [7, 11) is 0. The predicted octanol–water partition coefficient (Wildman–Crippen LogP) is 3.35. The second-order valence-corrected chi connectivity index (χ2v) is 4.31. The van der Waals surface area contributed by atoms with Gasteiger partial charge in [-0.1, -0.05) is 23.2 Å². The molecule has 2 aromatic rings. The number of amides is 1. The van der Waals surface area contributed by atoms with Gasteiger partial charge in [-0.3, -0.25) is 4.79 Å². The Morgan fingerprint density at radius 2 is 2.00 bits per heavy atom. The number of carbonyl (C=O) groups excluding carboxylic acids is 1. The highest BCUT2D eigenvalue weighted by Crippen LogP contribution is 2.23. The number of hydrogen-bond acceptors (Lipinski definition) is 3. The highest BCUT2D eigenvalue weighted by molar-refractivity contribution is 6.31. The molecule has 92 valence electrons. The van der Waals surface area contributed by atoms with Crippen LogP contribution in [-0.4, -0.2) is 16.0 Å². The lowest BCUT2D eigenvalue weighted by Crippen LogP contribution is -2.12. The van der Waals surface area contributed by atoms with Crippen LogP contribution >= 0.6 is 23.2 Å². The zero-order chi connectivity index (χ0) is 13.1. The summed E-state index contributed by atoms with van der Waals surface area (Å²) < 4.78 is 0. The van der Waals surface area contributed by atoms with Crippen LogP contribution in [0.1, 0.15) is 10.4 Å². The fraction of sp³-hybridized carbons (Fsp3) is 0. The van der Waals surface area contributed by atoms with Crippen LogP contribution in [0.2, 0.25) is 10.2 Å². The highest BCUT2D eigenvalue weighted by atomic mass is 35.5. The molecule has 0 spiro atoms. The lowest BCUT2D eigenvalue weighted by atomic mass is 10.2. The topological polar surface area (TPSA) is 62.2 Å². The Bertz CT molecular complexity index is 602. The third-order valence-corrected chi connectivity index (χ3v) is 2.63. The summed E-state index contributed by atoms with van der Waals surface area (Å²) in [6.07, 6.45) is 1.47. The molecular weight excluding hydrogens is 275 g/mol. The maximum atomic E-state index is 11.9. The standard InChI is InChI=1S/C12H8Cl2N2O2/c13-7-1-2-9(10(17)5-7)12(18)16-8-3-4-15-11(14)6-8/h1-6,17H,(H,15,16,18). The number of phenolic OH excluding ortho intramolecular Hbond substituents is 1. The molecule has 1 aromatic heterocycles. The van der Waals surface area contributed by atoms with Crippen LogP contribution in [0.4, 0.5) is 5.69 Å². The molecule has 0 radical (unpaired) electrons. The summed E-state index contributed by atoms with van der Waals surface area (Å²) in [5.74, 6) is -0.633. The van der Waals surface area contributed by atoms with Gasteiger partial charge in [0.05, 0.1) is 5.56 Å². The number of hydrogen-bond donors (Lipinski definition) is 2. The Labute approximate surface area is 113 Å². The summed E-state index contributed by atoms with van der Waals surface area (Å²) in [5.41, 5.74) is 0.627. The molecule has 18 heavy (non-hydrogen) atoms. The lowest BCUT2D eigenvalue weighted by Gasteiger charge is -2.07. The smallest absolute Gasteiger partial charge is 0.259 e. The van der Waals surface area contributed by atoms with E-state index in [1.165, 1.54) is 30.5 Å². The Morgan fingerprint density at radius 3 is 2.67 bits per heavy atom. The Hall–Kier alpha value is -1.78. The van der Waals surface area contributed by atoms with Crippen molar-refractivity contribution in [3.05, 3.63) is 52.3 Å². The van der Waals surface area contributed by atoms with Crippen molar-refractivity contribution in [2.24, 2.45) is 0 Å². The maximum absolute atomic E-state index is 11.9. The first-order valence-corrected chi connectivity index (χ1v) is 5.73. The fourth-order valence-electron chi connectivity index (χ4n) is 1.38. The molecule has 0 fully saturated rings. The van der Waals surface area contributed by atoms with Crippen molar-refractivity contribution in [3.63, 3.8) is 0 Å². The minimum atomic E-state index is -0.452. The van der Waals surface area contributed by atoms with E-state index in [1.807, 2.05) is 0 Å². The van der Waals surface area contributed by atoms with E-state index in [0.717, 1.165) is 0 Å². The van der Waals surface area contributed by atoms with Crippen molar-refractivity contribution in [1.82, 2.24) is 4.98 Å². The van der Waals surface area contributed by atoms with E-state index in [0.29, 0.717) is 10.7 Å². The number of aromatic hydroxyl groups is 1. The Morgan fingerprint density at radius 1 is 1.22 bits per heavy atom. The first-order chi connectivity index (χ1) is 8.56. The van der Waals surface area contributed by atoms with E-state index < -0.39 is 5.91 Å². The molecule has 0 aliphatic carbocycles. The van der Waals surface area contributed by atoms with Crippen LogP contribution < -0.4 is 5.32 Å². The van der Waals surface area contributed by atoms with Crippen molar-refractivity contribution in [1.29, 1.82) is 0 Å².